The van der Waals surface area contributed by atoms with Crippen molar-refractivity contribution in [2.24, 2.45) is 0 Å². The lowest BCUT2D eigenvalue weighted by Gasteiger charge is -2.30. The fourth-order valence-electron chi connectivity index (χ4n) is 3.87. The van der Waals surface area contributed by atoms with Crippen LogP contribution in [0.1, 0.15) is 24.5 Å². The molecule has 0 spiro atoms. The van der Waals surface area contributed by atoms with E-state index in [2.05, 4.69) is 17.4 Å². The van der Waals surface area contributed by atoms with Gasteiger partial charge in [-0.05, 0) is 61.2 Å². The second-order valence-corrected chi connectivity index (χ2v) is 8.24. The number of hydrogen-bond donors (Lipinski definition) is 1. The van der Waals surface area contributed by atoms with Crippen molar-refractivity contribution in [1.82, 2.24) is 5.32 Å². The maximum atomic E-state index is 13.3. The second-order valence-electron chi connectivity index (χ2n) is 8.24. The van der Waals surface area contributed by atoms with Crippen molar-refractivity contribution < 1.29 is 19.1 Å². The summed E-state index contributed by atoms with van der Waals surface area (Å²) < 4.78 is 11.2. The van der Waals surface area contributed by atoms with Crippen LogP contribution in [-0.2, 0) is 16.0 Å². The summed E-state index contributed by atoms with van der Waals surface area (Å²) >= 11 is 0. The lowest BCUT2D eigenvalue weighted by Crippen LogP contribution is -2.46. The highest BCUT2D eigenvalue weighted by Gasteiger charge is 2.31. The molecule has 0 aromatic heterocycles. The van der Waals surface area contributed by atoms with Crippen LogP contribution in [-0.4, -0.2) is 31.5 Å². The Bertz CT molecular complexity index is 1190. The van der Waals surface area contributed by atoms with Gasteiger partial charge in [0, 0.05) is 6.04 Å². The third kappa shape index (κ3) is 5.64. The molecule has 1 atom stereocenters. The van der Waals surface area contributed by atoms with Crippen LogP contribution in [0, 0.1) is 0 Å². The van der Waals surface area contributed by atoms with E-state index in [-0.39, 0.29) is 30.2 Å². The van der Waals surface area contributed by atoms with Crippen molar-refractivity contribution in [3.05, 3.63) is 95.7 Å². The number of amides is 2. The van der Waals surface area contributed by atoms with Crippen LogP contribution in [0.15, 0.2) is 84.6 Å². The molecule has 1 aliphatic heterocycles. The van der Waals surface area contributed by atoms with Gasteiger partial charge < -0.3 is 14.8 Å². The lowest BCUT2D eigenvalue weighted by atomic mass is 10.1. The standard InChI is InChI=1S/C28H28N2O4/c1-20(15-16-21-9-4-3-5-10-21)29-27(31)19-30-24-13-6-7-14-25(24)34-26(28(30)32)18-22-11-8-12-23(17-22)33-2/h3-14,17-18,20H,15-16,19H2,1-2H3,(H,29,31). The van der Waals surface area contributed by atoms with Gasteiger partial charge in [0.1, 0.15) is 12.3 Å². The molecule has 1 N–H and O–H groups in total. The summed E-state index contributed by atoms with van der Waals surface area (Å²) in [5.41, 5.74) is 2.57. The van der Waals surface area contributed by atoms with Crippen LogP contribution in [0.25, 0.3) is 6.08 Å². The molecule has 1 aliphatic rings. The highest BCUT2D eigenvalue weighted by atomic mass is 16.5. The van der Waals surface area contributed by atoms with E-state index in [0.29, 0.717) is 17.2 Å². The van der Waals surface area contributed by atoms with E-state index in [0.717, 1.165) is 18.4 Å². The predicted octanol–water partition coefficient (Wildman–Crippen LogP) is 4.60. The maximum Gasteiger partial charge on any atom is 0.294 e. The van der Waals surface area contributed by atoms with Gasteiger partial charge in [-0.15, -0.1) is 0 Å². The number of rotatable bonds is 8. The Balaban J connectivity index is 1.47. The number of ether oxygens (including phenoxy) is 2. The quantitative estimate of drug-likeness (QED) is 0.503. The SMILES string of the molecule is COc1cccc(C=C2Oc3ccccc3N(CC(=O)NC(C)CCc3ccccc3)C2=O)c1. The van der Waals surface area contributed by atoms with Crippen LogP contribution < -0.4 is 19.7 Å². The van der Waals surface area contributed by atoms with Crippen molar-refractivity contribution in [3.8, 4) is 11.5 Å². The van der Waals surface area contributed by atoms with E-state index in [4.69, 9.17) is 9.47 Å². The Morgan fingerprint density at radius 2 is 1.82 bits per heavy atom. The Morgan fingerprint density at radius 3 is 2.62 bits per heavy atom. The van der Waals surface area contributed by atoms with Crippen LogP contribution in [0.5, 0.6) is 11.5 Å². The number of methoxy groups -OCH3 is 1. The number of carbonyl (C=O) groups is 2. The molecule has 0 saturated heterocycles. The number of aryl methyl sites for hydroxylation is 1. The van der Waals surface area contributed by atoms with Crippen LogP contribution in [0.2, 0.25) is 0 Å². The fourth-order valence-corrected chi connectivity index (χ4v) is 3.87. The van der Waals surface area contributed by atoms with Gasteiger partial charge in [-0.25, -0.2) is 0 Å². The predicted molar refractivity (Wildman–Crippen MR) is 133 cm³/mol. The third-order valence-electron chi connectivity index (χ3n) is 5.64. The number of benzene rings is 3. The summed E-state index contributed by atoms with van der Waals surface area (Å²) in [6.45, 7) is 1.88. The molecular weight excluding hydrogens is 428 g/mol. The molecule has 0 aliphatic carbocycles. The topological polar surface area (TPSA) is 67.9 Å². The van der Waals surface area contributed by atoms with Gasteiger partial charge in [-0.2, -0.15) is 0 Å². The first-order chi connectivity index (χ1) is 16.5. The van der Waals surface area contributed by atoms with Crippen LogP contribution in [0.4, 0.5) is 5.69 Å². The summed E-state index contributed by atoms with van der Waals surface area (Å²) in [6.07, 6.45) is 3.34. The maximum absolute atomic E-state index is 13.3. The zero-order chi connectivity index (χ0) is 23.9. The van der Waals surface area contributed by atoms with Crippen molar-refractivity contribution >= 4 is 23.6 Å². The number of nitrogens with zero attached hydrogens (tertiary/aromatic N) is 1. The summed E-state index contributed by atoms with van der Waals surface area (Å²) in [4.78, 5) is 27.6. The Hall–Kier alpha value is -4.06. The minimum Gasteiger partial charge on any atom is -0.497 e. The lowest BCUT2D eigenvalue weighted by molar-refractivity contribution is -0.123. The molecule has 1 unspecified atom stereocenters. The van der Waals surface area contributed by atoms with Gasteiger partial charge in [0.25, 0.3) is 5.91 Å². The number of fused-ring (bicyclic) bond motifs is 1. The molecule has 3 aromatic rings. The van der Waals surface area contributed by atoms with E-state index >= 15 is 0 Å². The average Bonchev–Trinajstić information content (AvgIpc) is 2.86. The number of para-hydroxylation sites is 2. The van der Waals surface area contributed by atoms with Crippen molar-refractivity contribution in [1.29, 1.82) is 0 Å². The van der Waals surface area contributed by atoms with Gasteiger partial charge in [-0.1, -0.05) is 54.6 Å². The molecule has 6 heteroatoms. The molecule has 6 nitrogen and oxygen atoms in total. The van der Waals surface area contributed by atoms with Crippen LogP contribution >= 0.6 is 0 Å². The molecule has 34 heavy (non-hydrogen) atoms. The van der Waals surface area contributed by atoms with E-state index in [1.807, 2.05) is 61.5 Å². The van der Waals surface area contributed by atoms with Crippen LogP contribution in [0.3, 0.4) is 0 Å². The first-order valence-corrected chi connectivity index (χ1v) is 11.3. The molecule has 2 amide bonds. The van der Waals surface area contributed by atoms with E-state index in [1.165, 1.54) is 10.5 Å². The number of nitrogens with one attached hydrogen (secondary N) is 1. The zero-order valence-electron chi connectivity index (χ0n) is 19.4. The van der Waals surface area contributed by atoms with Crippen molar-refractivity contribution in [3.63, 3.8) is 0 Å². The largest absolute Gasteiger partial charge is 0.497 e. The number of hydrogen-bond acceptors (Lipinski definition) is 4. The van der Waals surface area contributed by atoms with E-state index in [1.54, 1.807) is 25.3 Å². The highest BCUT2D eigenvalue weighted by Crippen LogP contribution is 2.35. The summed E-state index contributed by atoms with van der Waals surface area (Å²) in [7, 11) is 1.59. The molecule has 0 fully saturated rings. The Morgan fingerprint density at radius 1 is 1.06 bits per heavy atom. The normalized spacial score (nSPS) is 14.8. The van der Waals surface area contributed by atoms with Crippen molar-refractivity contribution in [2.75, 3.05) is 18.6 Å². The monoisotopic (exact) mass is 456 g/mol. The van der Waals surface area contributed by atoms with E-state index < -0.39 is 0 Å². The summed E-state index contributed by atoms with van der Waals surface area (Å²) in [5, 5.41) is 3.02. The van der Waals surface area contributed by atoms with Crippen molar-refractivity contribution in [2.45, 2.75) is 25.8 Å². The third-order valence-corrected chi connectivity index (χ3v) is 5.64. The van der Waals surface area contributed by atoms with E-state index in [9.17, 15) is 9.59 Å². The summed E-state index contributed by atoms with van der Waals surface area (Å²) in [6, 6.07) is 24.7. The van der Waals surface area contributed by atoms with Gasteiger partial charge in [0.15, 0.2) is 11.5 Å². The Kier molecular flexibility index (Phi) is 7.28. The average molecular weight is 457 g/mol. The number of anilines is 1. The number of carbonyl (C=O) groups excluding carboxylic acids is 2. The second kappa shape index (κ2) is 10.7. The first-order valence-electron chi connectivity index (χ1n) is 11.3. The molecule has 174 valence electrons. The van der Waals surface area contributed by atoms with Gasteiger partial charge >= 0.3 is 0 Å². The molecule has 0 bridgehead atoms. The highest BCUT2D eigenvalue weighted by molar-refractivity contribution is 6.12. The smallest absolute Gasteiger partial charge is 0.294 e. The molecule has 4 rings (SSSR count). The Labute approximate surface area is 199 Å². The minimum absolute atomic E-state index is 0.0223. The van der Waals surface area contributed by atoms with Gasteiger partial charge in [0.05, 0.1) is 12.8 Å². The molecule has 3 aromatic carbocycles. The molecule has 0 saturated carbocycles. The summed E-state index contributed by atoms with van der Waals surface area (Å²) in [5.74, 6) is 0.775. The van der Waals surface area contributed by atoms with Gasteiger partial charge in [-0.3, -0.25) is 14.5 Å². The first kappa shape index (κ1) is 23.1. The minimum atomic E-state index is -0.367. The zero-order valence-corrected chi connectivity index (χ0v) is 19.4. The fraction of sp³-hybridized carbons (Fsp3) is 0.214. The molecule has 1 heterocycles. The van der Waals surface area contributed by atoms with Gasteiger partial charge in [0.2, 0.25) is 5.91 Å². The molecular formula is C28H28N2O4. The molecule has 0 radical (unpaired) electrons.